The minimum atomic E-state index is -0.448. The first-order chi connectivity index (χ1) is 16.0. The van der Waals surface area contributed by atoms with Crippen molar-refractivity contribution >= 4 is 17.1 Å². The summed E-state index contributed by atoms with van der Waals surface area (Å²) in [5, 5.41) is 6.21. The zero-order valence-corrected chi connectivity index (χ0v) is 18.3. The van der Waals surface area contributed by atoms with Gasteiger partial charge in [0, 0.05) is 0 Å². The zero-order chi connectivity index (χ0) is 22.8. The fourth-order valence-electron chi connectivity index (χ4n) is 4.14. The van der Waals surface area contributed by atoms with Gasteiger partial charge in [0.2, 0.25) is 0 Å². The predicted octanol–water partition coefficient (Wildman–Crippen LogP) is 4.98. The third kappa shape index (κ3) is 4.53. The van der Waals surface area contributed by atoms with Crippen molar-refractivity contribution in [2.24, 2.45) is 0 Å². The van der Waals surface area contributed by atoms with Crippen LogP contribution in [0, 0.1) is 5.82 Å². The van der Waals surface area contributed by atoms with E-state index in [1.54, 1.807) is 19.2 Å². The highest BCUT2D eigenvalue weighted by Crippen LogP contribution is 2.45. The minimum absolute atomic E-state index is 0.282. The average Bonchev–Trinajstić information content (AvgIpc) is 3.47. The third-order valence-corrected chi connectivity index (χ3v) is 6.14. The van der Waals surface area contributed by atoms with Crippen LogP contribution in [0.25, 0.3) is 11.0 Å². The molecule has 1 saturated carbocycles. The van der Waals surface area contributed by atoms with Crippen LogP contribution in [-0.4, -0.2) is 23.1 Å². The number of hydrogen-bond donors (Lipinski definition) is 3. The van der Waals surface area contributed by atoms with E-state index in [2.05, 4.69) is 15.6 Å². The molecule has 0 aliphatic heterocycles. The van der Waals surface area contributed by atoms with Gasteiger partial charge in [0.25, 0.3) is 0 Å². The lowest BCUT2D eigenvalue weighted by Gasteiger charge is -2.22. The van der Waals surface area contributed by atoms with Gasteiger partial charge >= 0.3 is 6.03 Å². The molecule has 1 atom stereocenters. The lowest BCUT2D eigenvalue weighted by atomic mass is 10.0. The number of rotatable bonds is 7. The van der Waals surface area contributed by atoms with E-state index in [1.807, 2.05) is 48.5 Å². The molecule has 5 rings (SSSR count). The molecule has 1 heterocycles. The SMILES string of the molecule is COc1ccc(C[C@@H](NC(=O)NC2(c3ccc(F)cc3)CC2)c2nc3ccccc3[nH]2)cc1. The molecule has 0 bridgehead atoms. The number of nitrogens with zero attached hydrogens (tertiary/aromatic N) is 1. The van der Waals surface area contributed by atoms with Gasteiger partial charge in [-0.15, -0.1) is 0 Å². The molecule has 33 heavy (non-hydrogen) atoms. The van der Waals surface area contributed by atoms with Gasteiger partial charge in [0.15, 0.2) is 0 Å². The Kier molecular flexibility index (Phi) is 5.46. The number of nitrogens with one attached hydrogen (secondary N) is 3. The van der Waals surface area contributed by atoms with Crippen molar-refractivity contribution in [2.75, 3.05) is 7.11 Å². The molecule has 6 nitrogen and oxygen atoms in total. The number of carbonyl (C=O) groups excluding carboxylic acids is 1. The normalized spacial score (nSPS) is 15.1. The molecule has 4 aromatic rings. The monoisotopic (exact) mass is 444 g/mol. The van der Waals surface area contributed by atoms with Gasteiger partial charge in [-0.2, -0.15) is 0 Å². The topological polar surface area (TPSA) is 79.0 Å². The average molecular weight is 445 g/mol. The quantitative estimate of drug-likeness (QED) is 0.376. The highest BCUT2D eigenvalue weighted by molar-refractivity contribution is 5.77. The maximum Gasteiger partial charge on any atom is 0.316 e. The zero-order valence-electron chi connectivity index (χ0n) is 18.3. The molecule has 3 aromatic carbocycles. The molecule has 0 spiro atoms. The highest BCUT2D eigenvalue weighted by Gasteiger charge is 2.46. The number of amides is 2. The summed E-state index contributed by atoms with van der Waals surface area (Å²) in [5.41, 5.74) is 3.27. The first-order valence-electron chi connectivity index (χ1n) is 11.0. The van der Waals surface area contributed by atoms with E-state index in [0.717, 1.165) is 40.8 Å². The van der Waals surface area contributed by atoms with Crippen LogP contribution in [0.4, 0.5) is 9.18 Å². The second-order valence-electron chi connectivity index (χ2n) is 8.43. The van der Waals surface area contributed by atoms with Crippen molar-refractivity contribution in [2.45, 2.75) is 30.8 Å². The van der Waals surface area contributed by atoms with E-state index in [-0.39, 0.29) is 17.9 Å². The van der Waals surface area contributed by atoms with E-state index in [4.69, 9.17) is 9.72 Å². The first kappa shape index (κ1) is 21.0. The number of halogens is 1. The molecule has 168 valence electrons. The van der Waals surface area contributed by atoms with Crippen LogP contribution in [0.1, 0.15) is 35.8 Å². The van der Waals surface area contributed by atoms with Crippen molar-refractivity contribution < 1.29 is 13.9 Å². The van der Waals surface area contributed by atoms with Crippen molar-refractivity contribution in [3.8, 4) is 5.75 Å². The Morgan fingerprint density at radius 2 is 1.82 bits per heavy atom. The smallest absolute Gasteiger partial charge is 0.316 e. The summed E-state index contributed by atoms with van der Waals surface area (Å²) in [5.74, 6) is 1.18. The Bertz CT molecular complexity index is 1230. The van der Waals surface area contributed by atoms with E-state index in [0.29, 0.717) is 12.2 Å². The van der Waals surface area contributed by atoms with Crippen LogP contribution in [0.15, 0.2) is 72.8 Å². The van der Waals surface area contributed by atoms with E-state index < -0.39 is 5.54 Å². The largest absolute Gasteiger partial charge is 0.497 e. The number of benzene rings is 3. The predicted molar refractivity (Wildman–Crippen MR) is 125 cm³/mol. The number of aromatic amines is 1. The number of para-hydroxylation sites is 2. The Morgan fingerprint density at radius 1 is 1.09 bits per heavy atom. The molecule has 7 heteroatoms. The van der Waals surface area contributed by atoms with Gasteiger partial charge in [-0.25, -0.2) is 14.2 Å². The maximum absolute atomic E-state index is 13.3. The molecule has 1 aliphatic rings. The third-order valence-electron chi connectivity index (χ3n) is 6.14. The van der Waals surface area contributed by atoms with Gasteiger partial charge in [-0.1, -0.05) is 36.4 Å². The summed E-state index contributed by atoms with van der Waals surface area (Å²) in [6.45, 7) is 0. The summed E-state index contributed by atoms with van der Waals surface area (Å²) in [6, 6.07) is 21.2. The summed E-state index contributed by atoms with van der Waals surface area (Å²) in [4.78, 5) is 21.1. The van der Waals surface area contributed by atoms with Gasteiger partial charge in [0.1, 0.15) is 17.4 Å². The Balaban J connectivity index is 1.37. The van der Waals surface area contributed by atoms with E-state index in [9.17, 15) is 9.18 Å². The minimum Gasteiger partial charge on any atom is -0.497 e. The number of methoxy groups -OCH3 is 1. The molecule has 1 aromatic heterocycles. The van der Waals surface area contributed by atoms with Crippen LogP contribution in [0.3, 0.4) is 0 Å². The summed E-state index contributed by atoms with van der Waals surface area (Å²) in [7, 11) is 1.63. The highest BCUT2D eigenvalue weighted by atomic mass is 19.1. The number of hydrogen-bond acceptors (Lipinski definition) is 3. The molecule has 1 aliphatic carbocycles. The Hall–Kier alpha value is -3.87. The molecular formula is C26H25FN4O2. The lowest BCUT2D eigenvalue weighted by molar-refractivity contribution is 0.231. The summed E-state index contributed by atoms with van der Waals surface area (Å²) < 4.78 is 18.6. The molecule has 0 radical (unpaired) electrons. The van der Waals surface area contributed by atoms with Crippen molar-refractivity contribution in [1.29, 1.82) is 0 Å². The standard InChI is InChI=1S/C26H25FN4O2/c1-33-20-12-6-17(7-13-20)16-23(24-28-21-4-2-3-5-22(21)29-24)30-25(32)31-26(14-15-26)18-8-10-19(27)11-9-18/h2-13,23H,14-16H2,1H3,(H,28,29)(H2,30,31,32)/t23-/m1/s1. The van der Waals surface area contributed by atoms with Crippen LogP contribution < -0.4 is 15.4 Å². The van der Waals surface area contributed by atoms with Gasteiger partial charge in [0.05, 0.1) is 29.7 Å². The second-order valence-corrected chi connectivity index (χ2v) is 8.43. The summed E-state index contributed by atoms with van der Waals surface area (Å²) >= 11 is 0. The molecule has 0 unspecified atom stereocenters. The van der Waals surface area contributed by atoms with Crippen molar-refractivity contribution in [1.82, 2.24) is 20.6 Å². The molecular weight excluding hydrogens is 419 g/mol. The van der Waals surface area contributed by atoms with Crippen LogP contribution >= 0.6 is 0 Å². The Morgan fingerprint density at radius 3 is 2.48 bits per heavy atom. The second kappa shape index (κ2) is 8.58. The number of carbonyl (C=O) groups is 1. The fourth-order valence-corrected chi connectivity index (χ4v) is 4.14. The molecule has 3 N–H and O–H groups in total. The summed E-state index contributed by atoms with van der Waals surface area (Å²) in [6.07, 6.45) is 2.19. The van der Waals surface area contributed by atoms with Gasteiger partial charge in [-0.05, 0) is 66.8 Å². The number of aromatic nitrogens is 2. The number of ether oxygens (including phenoxy) is 1. The number of urea groups is 1. The van der Waals surface area contributed by atoms with Gasteiger partial charge in [-0.3, -0.25) is 0 Å². The lowest BCUT2D eigenvalue weighted by Crippen LogP contribution is -2.44. The fraction of sp³-hybridized carbons (Fsp3) is 0.231. The Labute approximate surface area is 191 Å². The van der Waals surface area contributed by atoms with E-state index in [1.165, 1.54) is 12.1 Å². The van der Waals surface area contributed by atoms with Crippen LogP contribution in [-0.2, 0) is 12.0 Å². The first-order valence-corrected chi connectivity index (χ1v) is 11.0. The molecule has 1 fully saturated rings. The number of fused-ring (bicyclic) bond motifs is 1. The molecule has 0 saturated heterocycles. The van der Waals surface area contributed by atoms with Crippen LogP contribution in [0.2, 0.25) is 0 Å². The van der Waals surface area contributed by atoms with Gasteiger partial charge < -0.3 is 20.4 Å². The maximum atomic E-state index is 13.3. The van der Waals surface area contributed by atoms with E-state index >= 15 is 0 Å². The van der Waals surface area contributed by atoms with Crippen molar-refractivity contribution in [3.63, 3.8) is 0 Å². The number of H-pyrrole nitrogens is 1. The number of imidazole rings is 1. The molecule has 2 amide bonds. The van der Waals surface area contributed by atoms with Crippen LogP contribution in [0.5, 0.6) is 5.75 Å². The van der Waals surface area contributed by atoms with Crippen molar-refractivity contribution in [3.05, 3.63) is 95.6 Å².